The monoisotopic (exact) mass is 508 g/mol. The lowest BCUT2D eigenvalue weighted by Gasteiger charge is -2.08. The Bertz CT molecular complexity index is 1830. The van der Waals surface area contributed by atoms with E-state index < -0.39 is 17.2 Å². The lowest BCUT2D eigenvalue weighted by Crippen LogP contribution is -2.27. The van der Waals surface area contributed by atoms with Crippen LogP contribution in [0, 0.1) is 11.6 Å². The first-order chi connectivity index (χ1) is 18.4. The number of halogens is 2. The number of aromatic nitrogens is 4. The fraction of sp³-hybridized carbons (Fsp3) is 0.133. The Morgan fingerprint density at radius 1 is 1.03 bits per heavy atom. The topological polar surface area (TPSA) is 69.8 Å². The van der Waals surface area contributed by atoms with Crippen LogP contribution in [0.1, 0.15) is 38.4 Å². The number of fused-ring (bicyclic) bond motifs is 2. The maximum atomic E-state index is 13.6. The number of benzene rings is 2. The van der Waals surface area contributed by atoms with Crippen molar-refractivity contribution in [3.63, 3.8) is 0 Å². The smallest absolute Gasteiger partial charge is 0.261 e. The molecule has 0 bridgehead atoms. The molecule has 0 fully saturated rings. The van der Waals surface area contributed by atoms with Gasteiger partial charge in [0.05, 0.1) is 35.4 Å². The lowest BCUT2D eigenvalue weighted by atomic mass is 9.98. The Morgan fingerprint density at radius 3 is 2.74 bits per heavy atom. The molecule has 3 aromatic heterocycles. The number of pyridine rings is 2. The third-order valence-corrected chi connectivity index (χ3v) is 6.90. The molecule has 0 N–H and O–H groups in total. The van der Waals surface area contributed by atoms with E-state index in [1.807, 2.05) is 31.3 Å². The maximum Gasteiger partial charge on any atom is 0.261 e. The van der Waals surface area contributed by atoms with Gasteiger partial charge in [0.2, 0.25) is 0 Å². The Balaban J connectivity index is 1.31. The second kappa shape index (κ2) is 9.30. The first kappa shape index (κ1) is 23.7. The summed E-state index contributed by atoms with van der Waals surface area (Å²) in [4.78, 5) is 30.9. The van der Waals surface area contributed by atoms with Crippen LogP contribution in [0.4, 0.5) is 8.78 Å². The van der Waals surface area contributed by atoms with Crippen LogP contribution in [0.2, 0.25) is 0 Å². The molecule has 0 saturated heterocycles. The van der Waals surface area contributed by atoms with E-state index in [-0.39, 0.29) is 24.3 Å². The number of carbonyl (C=O) groups excluding carboxylic acids is 1. The number of Topliss-reactive ketones (excluding diaryl/α,β-unsaturated/α-hetero) is 1. The number of ketones is 1. The molecule has 188 valence electrons. The third kappa shape index (κ3) is 4.14. The van der Waals surface area contributed by atoms with Gasteiger partial charge in [0.25, 0.3) is 5.56 Å². The van der Waals surface area contributed by atoms with E-state index >= 15 is 0 Å². The number of carbonyl (C=O) groups is 1. The minimum Gasteiger partial charge on any atom is -0.310 e. The largest absolute Gasteiger partial charge is 0.310 e. The average Bonchev–Trinajstić information content (AvgIpc) is 3.48. The normalized spacial score (nSPS) is 12.6. The van der Waals surface area contributed by atoms with Gasteiger partial charge in [-0.05, 0) is 59.2 Å². The van der Waals surface area contributed by atoms with E-state index in [1.165, 1.54) is 22.9 Å². The highest BCUT2D eigenvalue weighted by molar-refractivity contribution is 6.00. The van der Waals surface area contributed by atoms with E-state index in [0.717, 1.165) is 51.9 Å². The summed E-state index contributed by atoms with van der Waals surface area (Å²) in [6.07, 6.45) is 6.18. The number of rotatable bonds is 6. The van der Waals surface area contributed by atoms with E-state index in [0.29, 0.717) is 11.3 Å². The summed E-state index contributed by atoms with van der Waals surface area (Å²) in [6.45, 7) is 0.0124. The molecule has 0 amide bonds. The summed E-state index contributed by atoms with van der Waals surface area (Å²) in [6, 6.07) is 16.6. The second-order valence-corrected chi connectivity index (χ2v) is 9.33. The fourth-order valence-corrected chi connectivity index (χ4v) is 5.02. The van der Waals surface area contributed by atoms with Gasteiger partial charge in [-0.15, -0.1) is 0 Å². The molecule has 2 aromatic carbocycles. The molecule has 6 rings (SSSR count). The highest BCUT2D eigenvalue weighted by Gasteiger charge is 2.20. The Hall–Kier alpha value is -4.72. The van der Waals surface area contributed by atoms with Crippen molar-refractivity contribution in [2.24, 2.45) is 7.05 Å². The Morgan fingerprint density at radius 2 is 1.89 bits per heavy atom. The van der Waals surface area contributed by atoms with Crippen LogP contribution in [0.15, 0.2) is 83.9 Å². The zero-order chi connectivity index (χ0) is 26.4. The second-order valence-electron chi connectivity index (χ2n) is 9.33. The summed E-state index contributed by atoms with van der Waals surface area (Å²) >= 11 is 0. The van der Waals surface area contributed by atoms with Crippen molar-refractivity contribution in [3.8, 4) is 0 Å². The molecule has 3 heterocycles. The Labute approximate surface area is 216 Å². The highest BCUT2D eigenvalue weighted by atomic mass is 19.2. The van der Waals surface area contributed by atoms with Crippen LogP contribution in [0.3, 0.4) is 0 Å². The van der Waals surface area contributed by atoms with E-state index in [2.05, 4.69) is 22.2 Å². The molecule has 8 heteroatoms. The molecule has 0 saturated carbocycles. The molecule has 1 aliphatic carbocycles. The van der Waals surface area contributed by atoms with Gasteiger partial charge in [0, 0.05) is 36.8 Å². The highest BCUT2D eigenvalue weighted by Crippen LogP contribution is 2.33. The van der Waals surface area contributed by atoms with Crippen molar-refractivity contribution in [1.82, 2.24) is 19.3 Å². The van der Waals surface area contributed by atoms with Crippen molar-refractivity contribution < 1.29 is 13.6 Å². The van der Waals surface area contributed by atoms with Gasteiger partial charge in [-0.2, -0.15) is 5.10 Å². The zero-order valence-corrected chi connectivity index (χ0v) is 20.5. The van der Waals surface area contributed by atoms with Crippen molar-refractivity contribution >= 4 is 22.3 Å². The molecule has 6 nitrogen and oxygen atoms in total. The summed E-state index contributed by atoms with van der Waals surface area (Å²) in [5.74, 6) is -2.31. The summed E-state index contributed by atoms with van der Waals surface area (Å²) in [7, 11) is 1.82. The van der Waals surface area contributed by atoms with Crippen molar-refractivity contribution in [3.05, 3.63) is 135 Å². The van der Waals surface area contributed by atoms with Gasteiger partial charge in [-0.3, -0.25) is 19.3 Å². The molecule has 0 atom stereocenters. The molecular formula is C30H22F2N4O2. The minimum atomic E-state index is -0.989. The van der Waals surface area contributed by atoms with Crippen LogP contribution in [0.25, 0.3) is 16.5 Å². The van der Waals surface area contributed by atoms with E-state index in [9.17, 15) is 18.4 Å². The first-order valence-corrected chi connectivity index (χ1v) is 12.2. The van der Waals surface area contributed by atoms with E-state index in [4.69, 9.17) is 0 Å². The van der Waals surface area contributed by atoms with Gasteiger partial charge in [-0.1, -0.05) is 24.3 Å². The maximum absolute atomic E-state index is 13.6. The number of nitrogens with zero attached hydrogens (tertiary/aromatic N) is 4. The van der Waals surface area contributed by atoms with Gasteiger partial charge in [0.15, 0.2) is 17.4 Å². The number of allylic oxidation sites excluding steroid dienone is 1. The van der Waals surface area contributed by atoms with Gasteiger partial charge >= 0.3 is 0 Å². The quantitative estimate of drug-likeness (QED) is 0.307. The molecule has 0 aliphatic heterocycles. The van der Waals surface area contributed by atoms with Gasteiger partial charge in [0.1, 0.15) is 0 Å². The van der Waals surface area contributed by atoms with Crippen molar-refractivity contribution in [2.75, 3.05) is 0 Å². The van der Waals surface area contributed by atoms with Gasteiger partial charge in [-0.25, -0.2) is 8.78 Å². The first-order valence-electron chi connectivity index (χ1n) is 12.2. The Kier molecular flexibility index (Phi) is 5.79. The van der Waals surface area contributed by atoms with Crippen LogP contribution >= 0.6 is 0 Å². The molecule has 0 spiro atoms. The van der Waals surface area contributed by atoms with Crippen LogP contribution in [0.5, 0.6) is 0 Å². The molecule has 1 aliphatic rings. The fourth-order valence-electron chi connectivity index (χ4n) is 5.02. The zero-order valence-electron chi connectivity index (χ0n) is 20.5. The number of hydrogen-bond acceptors (Lipinski definition) is 4. The van der Waals surface area contributed by atoms with E-state index in [1.54, 1.807) is 16.9 Å². The SMILES string of the molecule is Cn1nc(CC(=O)c2cccn(Cc3ccc(F)c(F)c3)c2=O)c2cc(C3=CCc4ncccc43)ccc21. The predicted molar refractivity (Wildman–Crippen MR) is 140 cm³/mol. The van der Waals surface area contributed by atoms with Crippen LogP contribution in [-0.2, 0) is 26.4 Å². The summed E-state index contributed by atoms with van der Waals surface area (Å²) < 4.78 is 30.0. The summed E-state index contributed by atoms with van der Waals surface area (Å²) in [5, 5.41) is 5.43. The predicted octanol–water partition coefficient (Wildman–Crippen LogP) is 4.87. The standard InChI is InChI=1S/C30H22F2N4O2/c1-35-28-11-7-19(20-8-10-26-21(20)4-2-12-33-26)15-23(28)27(34-35)16-29(37)22-5-3-13-36(30(22)38)17-18-6-9-24(31)25(32)14-18/h2-9,11-15H,10,16-17H2,1H3. The van der Waals surface area contributed by atoms with Crippen molar-refractivity contribution in [2.45, 2.75) is 19.4 Å². The molecule has 0 radical (unpaired) electrons. The molecule has 38 heavy (non-hydrogen) atoms. The van der Waals surface area contributed by atoms with Gasteiger partial charge < -0.3 is 4.57 Å². The molecule has 0 unspecified atom stereocenters. The average molecular weight is 509 g/mol. The minimum absolute atomic E-state index is 0.0124. The molecule has 5 aromatic rings. The number of aryl methyl sites for hydroxylation is 1. The summed E-state index contributed by atoms with van der Waals surface area (Å²) in [5.41, 5.74) is 5.63. The number of hydrogen-bond donors (Lipinski definition) is 0. The van der Waals surface area contributed by atoms with Crippen LogP contribution < -0.4 is 5.56 Å². The van der Waals surface area contributed by atoms with Crippen molar-refractivity contribution in [1.29, 1.82) is 0 Å². The third-order valence-electron chi connectivity index (χ3n) is 6.90. The lowest BCUT2D eigenvalue weighted by molar-refractivity contribution is 0.0990. The van der Waals surface area contributed by atoms with Crippen LogP contribution in [-0.4, -0.2) is 25.1 Å². The molecular weight excluding hydrogens is 486 g/mol.